The van der Waals surface area contributed by atoms with E-state index in [1.54, 1.807) is 12.3 Å². The average Bonchev–Trinajstić information content (AvgIpc) is 2.66. The molecular weight excluding hydrogens is 230 g/mol. The molecule has 0 radical (unpaired) electrons. The van der Waals surface area contributed by atoms with Gasteiger partial charge in [-0.2, -0.15) is 0 Å². The van der Waals surface area contributed by atoms with Crippen molar-refractivity contribution in [2.45, 2.75) is 13.0 Å². The van der Waals surface area contributed by atoms with Crippen molar-refractivity contribution in [1.29, 1.82) is 0 Å². The van der Waals surface area contributed by atoms with Gasteiger partial charge in [0.1, 0.15) is 16.6 Å². The van der Waals surface area contributed by atoms with Crippen LogP contribution in [-0.4, -0.2) is 4.98 Å². The van der Waals surface area contributed by atoms with Crippen molar-refractivity contribution >= 4 is 11.3 Å². The van der Waals surface area contributed by atoms with Crippen LogP contribution in [0.2, 0.25) is 0 Å². The summed E-state index contributed by atoms with van der Waals surface area (Å²) >= 11 is 1.30. The van der Waals surface area contributed by atoms with Crippen LogP contribution in [0.1, 0.15) is 18.7 Å². The van der Waals surface area contributed by atoms with E-state index in [2.05, 4.69) is 4.98 Å². The molecule has 0 bridgehead atoms. The molecule has 0 saturated heterocycles. The summed E-state index contributed by atoms with van der Waals surface area (Å²) in [7, 11) is 0. The summed E-state index contributed by atoms with van der Waals surface area (Å²) in [6.45, 7) is 1.81. The average molecular weight is 240 g/mol. The van der Waals surface area contributed by atoms with Crippen molar-refractivity contribution in [3.63, 3.8) is 0 Å². The molecule has 1 aromatic carbocycles. The van der Waals surface area contributed by atoms with Crippen LogP contribution >= 0.6 is 11.3 Å². The third-order valence-corrected chi connectivity index (χ3v) is 3.04. The van der Waals surface area contributed by atoms with Gasteiger partial charge in [0.2, 0.25) is 0 Å². The Kier molecular flexibility index (Phi) is 2.98. The smallest absolute Gasteiger partial charge is 0.136 e. The minimum Gasteiger partial charge on any atom is -0.323 e. The normalized spacial score (nSPS) is 12.8. The van der Waals surface area contributed by atoms with E-state index in [0.29, 0.717) is 16.3 Å². The Hall–Kier alpha value is -1.33. The fourth-order valence-electron chi connectivity index (χ4n) is 1.28. The summed E-state index contributed by atoms with van der Waals surface area (Å²) in [6.07, 6.45) is 0. The van der Waals surface area contributed by atoms with E-state index >= 15 is 0 Å². The lowest BCUT2D eigenvalue weighted by Gasteiger charge is -2.00. The first kappa shape index (κ1) is 11.2. The molecule has 0 fully saturated rings. The molecule has 0 aliphatic rings. The van der Waals surface area contributed by atoms with E-state index < -0.39 is 11.6 Å². The minimum absolute atomic E-state index is 0.187. The third kappa shape index (κ3) is 2.10. The predicted molar refractivity (Wildman–Crippen MR) is 60.1 cm³/mol. The molecule has 2 rings (SSSR count). The number of halogens is 2. The van der Waals surface area contributed by atoms with Crippen molar-refractivity contribution in [2.75, 3.05) is 0 Å². The van der Waals surface area contributed by atoms with Crippen LogP contribution in [0.25, 0.3) is 10.6 Å². The van der Waals surface area contributed by atoms with Crippen LogP contribution in [-0.2, 0) is 0 Å². The standard InChI is InChI=1S/C11H10F2N2S/c1-6(14)10-5-16-11(15-10)8-3-2-7(12)4-9(8)13/h2-6H,14H2,1H3. The van der Waals surface area contributed by atoms with Gasteiger partial charge in [0.15, 0.2) is 0 Å². The molecule has 5 heteroatoms. The summed E-state index contributed by atoms with van der Waals surface area (Å²) in [4.78, 5) is 4.20. The second-order valence-electron chi connectivity index (χ2n) is 3.49. The Labute approximate surface area is 95.7 Å². The highest BCUT2D eigenvalue weighted by molar-refractivity contribution is 7.13. The topological polar surface area (TPSA) is 38.9 Å². The first-order chi connectivity index (χ1) is 7.58. The fraction of sp³-hybridized carbons (Fsp3) is 0.182. The first-order valence-electron chi connectivity index (χ1n) is 4.74. The highest BCUT2D eigenvalue weighted by Crippen LogP contribution is 2.28. The molecule has 1 atom stereocenters. The Morgan fingerprint density at radius 2 is 2.12 bits per heavy atom. The Morgan fingerprint density at radius 1 is 1.38 bits per heavy atom. The molecule has 0 saturated carbocycles. The van der Waals surface area contributed by atoms with Gasteiger partial charge in [0, 0.05) is 23.1 Å². The second-order valence-corrected chi connectivity index (χ2v) is 4.35. The zero-order valence-electron chi connectivity index (χ0n) is 8.58. The van der Waals surface area contributed by atoms with Crippen molar-refractivity contribution in [3.05, 3.63) is 40.9 Å². The molecule has 0 aliphatic carbocycles. The fourth-order valence-corrected chi connectivity index (χ4v) is 2.23. The van der Waals surface area contributed by atoms with Crippen molar-refractivity contribution in [3.8, 4) is 10.6 Å². The highest BCUT2D eigenvalue weighted by Gasteiger charge is 2.11. The molecule has 84 valence electrons. The monoisotopic (exact) mass is 240 g/mol. The molecule has 2 nitrogen and oxygen atoms in total. The third-order valence-electron chi connectivity index (χ3n) is 2.15. The Bertz CT molecular complexity index is 508. The number of hydrogen-bond donors (Lipinski definition) is 1. The van der Waals surface area contributed by atoms with Gasteiger partial charge in [0.05, 0.1) is 5.69 Å². The van der Waals surface area contributed by atoms with Gasteiger partial charge < -0.3 is 5.73 Å². The molecule has 1 aromatic heterocycles. The molecule has 0 aliphatic heterocycles. The number of thiazole rings is 1. The van der Waals surface area contributed by atoms with Gasteiger partial charge >= 0.3 is 0 Å². The Balaban J connectivity index is 2.42. The van der Waals surface area contributed by atoms with E-state index in [-0.39, 0.29) is 6.04 Å². The summed E-state index contributed by atoms with van der Waals surface area (Å²) in [5, 5.41) is 2.30. The van der Waals surface area contributed by atoms with E-state index in [0.717, 1.165) is 6.07 Å². The van der Waals surface area contributed by atoms with Crippen molar-refractivity contribution in [1.82, 2.24) is 4.98 Å². The molecule has 1 unspecified atom stereocenters. The lowest BCUT2D eigenvalue weighted by atomic mass is 10.2. The van der Waals surface area contributed by atoms with Crippen LogP contribution in [0.5, 0.6) is 0 Å². The summed E-state index contributed by atoms with van der Waals surface area (Å²) in [5.74, 6) is -1.20. The number of nitrogens with two attached hydrogens (primary N) is 1. The summed E-state index contributed by atoms with van der Waals surface area (Å²) in [6, 6.07) is 3.26. The maximum Gasteiger partial charge on any atom is 0.136 e. The van der Waals surface area contributed by atoms with Crippen LogP contribution in [0.15, 0.2) is 23.6 Å². The largest absolute Gasteiger partial charge is 0.323 e. The molecule has 2 aromatic rings. The van der Waals surface area contributed by atoms with Crippen molar-refractivity contribution in [2.24, 2.45) is 5.73 Å². The van der Waals surface area contributed by atoms with E-state index in [1.807, 2.05) is 0 Å². The number of rotatable bonds is 2. The molecule has 2 N–H and O–H groups in total. The minimum atomic E-state index is -0.606. The lowest BCUT2D eigenvalue weighted by molar-refractivity contribution is 0.585. The van der Waals surface area contributed by atoms with Crippen LogP contribution in [0, 0.1) is 11.6 Å². The van der Waals surface area contributed by atoms with Gasteiger partial charge in [-0.25, -0.2) is 13.8 Å². The SMILES string of the molecule is CC(N)c1csc(-c2ccc(F)cc2F)n1. The van der Waals surface area contributed by atoms with Gasteiger partial charge in [-0.1, -0.05) is 0 Å². The van der Waals surface area contributed by atoms with Gasteiger partial charge in [0.25, 0.3) is 0 Å². The van der Waals surface area contributed by atoms with Gasteiger partial charge in [-0.3, -0.25) is 0 Å². The molecule has 1 heterocycles. The lowest BCUT2D eigenvalue weighted by Crippen LogP contribution is -2.04. The van der Waals surface area contributed by atoms with E-state index in [9.17, 15) is 8.78 Å². The van der Waals surface area contributed by atoms with Gasteiger partial charge in [-0.05, 0) is 19.1 Å². The van der Waals surface area contributed by atoms with Crippen LogP contribution in [0.4, 0.5) is 8.78 Å². The zero-order chi connectivity index (χ0) is 11.7. The first-order valence-corrected chi connectivity index (χ1v) is 5.62. The molecule has 0 spiro atoms. The Morgan fingerprint density at radius 3 is 2.69 bits per heavy atom. The molecular formula is C11H10F2N2S. The molecule has 16 heavy (non-hydrogen) atoms. The van der Waals surface area contributed by atoms with E-state index in [1.165, 1.54) is 23.5 Å². The maximum absolute atomic E-state index is 13.4. The number of nitrogens with zero attached hydrogens (tertiary/aromatic N) is 1. The highest BCUT2D eigenvalue weighted by atomic mass is 32.1. The molecule has 0 amide bonds. The number of benzene rings is 1. The van der Waals surface area contributed by atoms with Crippen LogP contribution < -0.4 is 5.73 Å². The summed E-state index contributed by atoms with van der Waals surface area (Å²) < 4.78 is 26.2. The van der Waals surface area contributed by atoms with Crippen LogP contribution in [0.3, 0.4) is 0 Å². The summed E-state index contributed by atoms with van der Waals surface area (Å²) in [5.41, 5.74) is 6.67. The van der Waals surface area contributed by atoms with Crippen molar-refractivity contribution < 1.29 is 8.78 Å². The second kappa shape index (κ2) is 4.27. The van der Waals surface area contributed by atoms with E-state index in [4.69, 9.17) is 5.73 Å². The number of aromatic nitrogens is 1. The number of hydrogen-bond acceptors (Lipinski definition) is 3. The quantitative estimate of drug-likeness (QED) is 0.876. The maximum atomic E-state index is 13.4. The predicted octanol–water partition coefficient (Wildman–Crippen LogP) is 3.11. The van der Waals surface area contributed by atoms with Gasteiger partial charge in [-0.15, -0.1) is 11.3 Å². The zero-order valence-corrected chi connectivity index (χ0v) is 9.39.